The van der Waals surface area contributed by atoms with Crippen LogP contribution in [0.2, 0.25) is 0 Å². The number of ketones is 1. The number of hydrogen-bond donors (Lipinski definition) is 1. The van der Waals surface area contributed by atoms with E-state index < -0.39 is 5.41 Å². The van der Waals surface area contributed by atoms with Crippen LogP contribution in [0.15, 0.2) is 35.5 Å². The van der Waals surface area contributed by atoms with E-state index in [1.807, 2.05) is 6.07 Å². The van der Waals surface area contributed by atoms with Crippen LogP contribution < -0.4 is 5.32 Å². The third-order valence-electron chi connectivity index (χ3n) is 7.26. The third-order valence-corrected chi connectivity index (χ3v) is 7.26. The molecule has 0 aromatic heterocycles. The molecule has 4 aliphatic rings. The monoisotopic (exact) mass is 352 g/mol. The van der Waals surface area contributed by atoms with E-state index in [1.54, 1.807) is 6.92 Å². The van der Waals surface area contributed by atoms with Crippen LogP contribution in [-0.4, -0.2) is 42.9 Å². The molecule has 3 atom stereocenters. The van der Waals surface area contributed by atoms with E-state index in [2.05, 4.69) is 28.4 Å². The highest BCUT2D eigenvalue weighted by Crippen LogP contribution is 2.64. The first kappa shape index (κ1) is 16.1. The molecule has 0 unspecified atom stereocenters. The molecule has 0 radical (unpaired) electrons. The average molecular weight is 352 g/mol. The molecule has 3 aliphatic heterocycles. The predicted octanol–water partition coefficient (Wildman–Crippen LogP) is 2.62. The number of methoxy groups -OCH3 is 1. The summed E-state index contributed by atoms with van der Waals surface area (Å²) in [6.45, 7) is 3.71. The second-order valence-corrected chi connectivity index (χ2v) is 8.17. The van der Waals surface area contributed by atoms with Crippen molar-refractivity contribution >= 4 is 17.4 Å². The SMILES string of the molecule is COC(=O)C1=C2Nc3ccccc3[C@]23CCN2CCC[C@](C(C)=O)(C1)[C@@H]23. The maximum absolute atomic E-state index is 13.0. The van der Waals surface area contributed by atoms with Crippen molar-refractivity contribution < 1.29 is 14.3 Å². The number of nitrogens with zero attached hydrogens (tertiary/aromatic N) is 1. The van der Waals surface area contributed by atoms with Gasteiger partial charge in [0.15, 0.2) is 0 Å². The van der Waals surface area contributed by atoms with Crippen molar-refractivity contribution in [1.82, 2.24) is 4.90 Å². The van der Waals surface area contributed by atoms with Gasteiger partial charge in [0.2, 0.25) is 0 Å². The van der Waals surface area contributed by atoms with Gasteiger partial charge in [-0.05, 0) is 57.3 Å². The molecule has 5 heteroatoms. The standard InChI is InChI=1S/C21H24N2O3/c1-13(24)20-8-5-10-23-11-9-21(19(20)23)15-6-3-4-7-16(15)22-17(21)14(12-20)18(25)26-2/h3-4,6-7,19,22H,5,8-12H2,1-2H3/t19-,20-,21-/m1/s1. The van der Waals surface area contributed by atoms with Gasteiger partial charge in [-0.2, -0.15) is 0 Å². The van der Waals surface area contributed by atoms with E-state index in [0.29, 0.717) is 12.0 Å². The number of fused-ring (bicyclic) bond motifs is 1. The summed E-state index contributed by atoms with van der Waals surface area (Å²) >= 11 is 0. The second kappa shape index (κ2) is 5.19. The largest absolute Gasteiger partial charge is 0.466 e. The molecular weight excluding hydrogens is 328 g/mol. The molecular formula is C21H24N2O3. The summed E-state index contributed by atoms with van der Waals surface area (Å²) in [6.07, 6.45) is 3.27. The Labute approximate surface area is 153 Å². The van der Waals surface area contributed by atoms with Gasteiger partial charge in [0.05, 0.1) is 18.1 Å². The summed E-state index contributed by atoms with van der Waals surface area (Å²) in [5, 5.41) is 3.55. The Kier molecular flexibility index (Phi) is 3.21. The highest BCUT2D eigenvalue weighted by Gasteiger charge is 2.68. The van der Waals surface area contributed by atoms with E-state index in [-0.39, 0.29) is 23.2 Å². The first-order chi connectivity index (χ1) is 12.5. The van der Waals surface area contributed by atoms with Gasteiger partial charge in [0.1, 0.15) is 5.78 Å². The van der Waals surface area contributed by atoms with Crippen molar-refractivity contribution in [2.45, 2.75) is 44.1 Å². The topological polar surface area (TPSA) is 58.6 Å². The summed E-state index contributed by atoms with van der Waals surface area (Å²) in [5.41, 5.74) is 3.15. The lowest BCUT2D eigenvalue weighted by molar-refractivity contribution is -0.140. The number of piperidine rings is 1. The molecule has 5 rings (SSSR count). The maximum atomic E-state index is 13.0. The predicted molar refractivity (Wildman–Crippen MR) is 97.7 cm³/mol. The van der Waals surface area contributed by atoms with Gasteiger partial charge in [0, 0.05) is 22.8 Å². The van der Waals surface area contributed by atoms with E-state index in [9.17, 15) is 9.59 Å². The number of hydrogen-bond acceptors (Lipinski definition) is 5. The lowest BCUT2D eigenvalue weighted by Crippen LogP contribution is -2.62. The number of para-hydroxylation sites is 1. The Balaban J connectivity index is 1.84. The van der Waals surface area contributed by atoms with E-state index in [1.165, 1.54) is 12.7 Å². The molecule has 3 heterocycles. The number of nitrogens with one attached hydrogen (secondary N) is 1. The number of anilines is 1. The first-order valence-electron chi connectivity index (χ1n) is 9.48. The molecule has 136 valence electrons. The highest BCUT2D eigenvalue weighted by molar-refractivity contribution is 5.96. The van der Waals surface area contributed by atoms with Crippen LogP contribution in [0.5, 0.6) is 0 Å². The zero-order chi connectivity index (χ0) is 18.1. The maximum Gasteiger partial charge on any atom is 0.335 e. The Morgan fingerprint density at radius 2 is 2.04 bits per heavy atom. The fourth-order valence-corrected chi connectivity index (χ4v) is 6.32. The van der Waals surface area contributed by atoms with Gasteiger partial charge in [-0.15, -0.1) is 0 Å². The third kappa shape index (κ3) is 1.70. The number of Topliss-reactive ketones (excluding diaryl/α,β-unsaturated/α-hetero) is 1. The van der Waals surface area contributed by atoms with Gasteiger partial charge in [0.25, 0.3) is 0 Å². The number of carbonyl (C=O) groups excluding carboxylic acids is 2. The fraction of sp³-hybridized carbons (Fsp3) is 0.524. The normalized spacial score (nSPS) is 34.6. The summed E-state index contributed by atoms with van der Waals surface area (Å²) in [6, 6.07) is 8.44. The molecule has 1 N–H and O–H groups in total. The van der Waals surface area contributed by atoms with Gasteiger partial charge >= 0.3 is 5.97 Å². The molecule has 5 nitrogen and oxygen atoms in total. The molecule has 1 aromatic carbocycles. The molecule has 26 heavy (non-hydrogen) atoms. The molecule has 0 amide bonds. The minimum Gasteiger partial charge on any atom is -0.466 e. The Morgan fingerprint density at radius 1 is 1.23 bits per heavy atom. The highest BCUT2D eigenvalue weighted by atomic mass is 16.5. The Bertz CT molecular complexity index is 861. The van der Waals surface area contributed by atoms with Crippen LogP contribution in [-0.2, 0) is 19.7 Å². The molecule has 1 aromatic rings. The van der Waals surface area contributed by atoms with Crippen molar-refractivity contribution in [2.75, 3.05) is 25.5 Å². The van der Waals surface area contributed by atoms with E-state index >= 15 is 0 Å². The quantitative estimate of drug-likeness (QED) is 0.829. The second-order valence-electron chi connectivity index (χ2n) is 8.17. The Hall–Kier alpha value is -2.14. The zero-order valence-electron chi connectivity index (χ0n) is 15.3. The van der Waals surface area contributed by atoms with Crippen LogP contribution in [0.4, 0.5) is 5.69 Å². The van der Waals surface area contributed by atoms with Crippen LogP contribution in [0.3, 0.4) is 0 Å². The van der Waals surface area contributed by atoms with Crippen molar-refractivity contribution in [3.8, 4) is 0 Å². The van der Waals surface area contributed by atoms with Crippen molar-refractivity contribution in [1.29, 1.82) is 0 Å². The Morgan fingerprint density at radius 3 is 2.81 bits per heavy atom. The number of esters is 1. The van der Waals surface area contributed by atoms with Gasteiger partial charge < -0.3 is 10.1 Å². The van der Waals surface area contributed by atoms with Crippen LogP contribution in [0, 0.1) is 5.41 Å². The molecule has 1 aliphatic carbocycles. The molecule has 1 spiro atoms. The molecule has 2 fully saturated rings. The van der Waals surface area contributed by atoms with Crippen LogP contribution in [0.25, 0.3) is 0 Å². The smallest absolute Gasteiger partial charge is 0.335 e. The summed E-state index contributed by atoms with van der Waals surface area (Å²) in [7, 11) is 1.43. The van der Waals surface area contributed by atoms with Crippen LogP contribution in [0.1, 0.15) is 38.2 Å². The minimum absolute atomic E-state index is 0.126. The summed E-state index contributed by atoms with van der Waals surface area (Å²) < 4.78 is 5.14. The first-order valence-corrected chi connectivity index (χ1v) is 9.48. The molecule has 0 saturated carbocycles. The number of benzene rings is 1. The van der Waals surface area contributed by atoms with Crippen molar-refractivity contribution in [3.63, 3.8) is 0 Å². The zero-order valence-corrected chi connectivity index (χ0v) is 15.3. The average Bonchev–Trinajstić information content (AvgIpc) is 3.21. The van der Waals surface area contributed by atoms with Crippen molar-refractivity contribution in [3.05, 3.63) is 41.1 Å². The van der Waals surface area contributed by atoms with Crippen molar-refractivity contribution in [2.24, 2.45) is 5.41 Å². The fourth-order valence-electron chi connectivity index (χ4n) is 6.32. The molecule has 0 bridgehead atoms. The van der Waals surface area contributed by atoms with E-state index in [4.69, 9.17) is 4.74 Å². The number of carbonyl (C=O) groups is 2. The van der Waals surface area contributed by atoms with Gasteiger partial charge in [-0.1, -0.05) is 18.2 Å². The minimum atomic E-state index is -0.499. The summed E-state index contributed by atoms with van der Waals surface area (Å²) in [5.74, 6) is -0.0962. The molecule has 2 saturated heterocycles. The van der Waals surface area contributed by atoms with E-state index in [0.717, 1.165) is 43.7 Å². The summed E-state index contributed by atoms with van der Waals surface area (Å²) in [4.78, 5) is 28.2. The van der Waals surface area contributed by atoms with Crippen LogP contribution >= 0.6 is 0 Å². The number of rotatable bonds is 2. The lowest BCUT2D eigenvalue weighted by Gasteiger charge is -2.54. The van der Waals surface area contributed by atoms with Gasteiger partial charge in [-0.25, -0.2) is 4.79 Å². The number of ether oxygens (including phenoxy) is 1. The lowest BCUT2D eigenvalue weighted by atomic mass is 9.53. The van der Waals surface area contributed by atoms with Gasteiger partial charge in [-0.3, -0.25) is 9.69 Å².